The maximum atomic E-state index is 12.6. The highest BCUT2D eigenvalue weighted by Gasteiger charge is 2.42. The number of allylic oxidation sites excluding steroid dienone is 3. The molecule has 0 aromatic rings. The fourth-order valence-electron chi connectivity index (χ4n) is 3.06. The topological polar surface area (TPSA) is 83.8 Å². The number of aliphatic hydroxyl groups excluding tert-OH is 1. The summed E-state index contributed by atoms with van der Waals surface area (Å²) in [5, 5.41) is 20.4. The van der Waals surface area contributed by atoms with Gasteiger partial charge >= 0.3 is 5.97 Å². The third kappa shape index (κ3) is 5.79. The zero-order valence-electron chi connectivity index (χ0n) is 15.9. The second-order valence-corrected chi connectivity index (χ2v) is 7.61. The van der Waals surface area contributed by atoms with Gasteiger partial charge in [-0.25, -0.2) is 0 Å². The number of hydrogen-bond donors (Lipinski definition) is 2. The summed E-state index contributed by atoms with van der Waals surface area (Å²) >= 11 is 6.19. The molecule has 0 aromatic carbocycles. The standard InChI is InChI=1S/C20H29ClO5/c1-6-17-14(4)8-12(2)7-13(3)9-16(21)10-20(25,11-22)18(23)15(5)19(24)26-17/h8-9,13,15,17,22,25H,2,6-7,10-11H2,1,3-5H3/b14-8+,16-9-/t13-,15+,17-,20-/m0/s1. The number of aliphatic hydroxyl groups is 2. The largest absolute Gasteiger partial charge is 0.457 e. The van der Waals surface area contributed by atoms with Crippen LogP contribution in [-0.4, -0.2) is 40.3 Å². The average molecular weight is 385 g/mol. The molecule has 1 aliphatic rings. The van der Waals surface area contributed by atoms with Crippen LogP contribution in [0.25, 0.3) is 0 Å². The summed E-state index contributed by atoms with van der Waals surface area (Å²) in [6, 6.07) is 0. The predicted octanol–water partition coefficient (Wildman–Crippen LogP) is 3.29. The highest BCUT2D eigenvalue weighted by atomic mass is 35.5. The van der Waals surface area contributed by atoms with Crippen molar-refractivity contribution in [1.29, 1.82) is 0 Å². The van der Waals surface area contributed by atoms with Gasteiger partial charge in [-0.2, -0.15) is 0 Å². The molecule has 0 aromatic heterocycles. The van der Waals surface area contributed by atoms with Crippen LogP contribution in [0.3, 0.4) is 0 Å². The van der Waals surface area contributed by atoms with E-state index in [1.54, 1.807) is 6.08 Å². The molecule has 1 heterocycles. The third-order valence-corrected chi connectivity index (χ3v) is 4.81. The van der Waals surface area contributed by atoms with Crippen LogP contribution in [0.5, 0.6) is 0 Å². The van der Waals surface area contributed by atoms with E-state index >= 15 is 0 Å². The molecule has 0 amide bonds. The van der Waals surface area contributed by atoms with Crippen LogP contribution in [0.2, 0.25) is 0 Å². The summed E-state index contributed by atoms with van der Waals surface area (Å²) in [7, 11) is 0. The van der Waals surface area contributed by atoms with Gasteiger partial charge in [-0.05, 0) is 38.2 Å². The first-order valence-corrected chi connectivity index (χ1v) is 9.22. The van der Waals surface area contributed by atoms with Gasteiger partial charge in [0, 0.05) is 11.5 Å². The molecule has 0 aliphatic carbocycles. The summed E-state index contributed by atoms with van der Waals surface area (Å²) in [5.41, 5.74) is -0.425. The molecule has 26 heavy (non-hydrogen) atoms. The van der Waals surface area contributed by atoms with Crippen LogP contribution in [0, 0.1) is 11.8 Å². The SMILES string of the molecule is C=C1/C=C(\C)[C@H](CC)OC(=O)[C@H](C)C(=O)[C@@](O)(CO)C/C(Cl)=C/[C@@H](C)C1. The zero-order valence-corrected chi connectivity index (χ0v) is 16.7. The number of Topliss-reactive ketones (excluding diaryl/α,β-unsaturated/α-hetero) is 1. The lowest BCUT2D eigenvalue weighted by Crippen LogP contribution is -2.48. The summed E-state index contributed by atoms with van der Waals surface area (Å²) in [5.74, 6) is -2.73. The quantitative estimate of drug-likeness (QED) is 0.563. The van der Waals surface area contributed by atoms with Crippen LogP contribution < -0.4 is 0 Å². The molecular weight excluding hydrogens is 356 g/mol. The van der Waals surface area contributed by atoms with Crippen LogP contribution in [-0.2, 0) is 14.3 Å². The van der Waals surface area contributed by atoms with E-state index in [4.69, 9.17) is 16.3 Å². The minimum Gasteiger partial charge on any atom is -0.457 e. The first-order valence-electron chi connectivity index (χ1n) is 8.84. The number of rotatable bonds is 2. The molecule has 0 spiro atoms. The lowest BCUT2D eigenvalue weighted by Gasteiger charge is -2.28. The van der Waals surface area contributed by atoms with Crippen LogP contribution in [0.1, 0.15) is 47.0 Å². The molecule has 0 bridgehead atoms. The first kappa shape index (κ1) is 22.6. The second kappa shape index (κ2) is 9.49. The Hall–Kier alpha value is -1.43. The van der Waals surface area contributed by atoms with Gasteiger partial charge < -0.3 is 14.9 Å². The normalized spacial score (nSPS) is 36.4. The lowest BCUT2D eigenvalue weighted by atomic mass is 9.86. The maximum absolute atomic E-state index is 12.6. The maximum Gasteiger partial charge on any atom is 0.316 e. The van der Waals surface area contributed by atoms with E-state index < -0.39 is 36.0 Å². The van der Waals surface area contributed by atoms with Crippen LogP contribution in [0.15, 0.2) is 34.9 Å². The molecular formula is C20H29ClO5. The van der Waals surface area contributed by atoms with E-state index in [9.17, 15) is 19.8 Å². The van der Waals surface area contributed by atoms with Gasteiger partial charge in [-0.15, -0.1) is 0 Å². The van der Waals surface area contributed by atoms with E-state index in [2.05, 4.69) is 6.58 Å². The number of ether oxygens (including phenoxy) is 1. The van der Waals surface area contributed by atoms with Gasteiger partial charge in [-0.1, -0.05) is 49.8 Å². The molecule has 1 rings (SSSR count). The Labute approximate surface area is 160 Å². The molecule has 0 fully saturated rings. The predicted molar refractivity (Wildman–Crippen MR) is 102 cm³/mol. The summed E-state index contributed by atoms with van der Waals surface area (Å²) < 4.78 is 5.47. The average Bonchev–Trinajstić information content (AvgIpc) is 2.56. The molecule has 0 saturated heterocycles. The monoisotopic (exact) mass is 384 g/mol. The van der Waals surface area contributed by atoms with Gasteiger partial charge in [0.25, 0.3) is 0 Å². The Bertz CT molecular complexity index is 622. The van der Waals surface area contributed by atoms with Crippen molar-refractivity contribution in [2.24, 2.45) is 11.8 Å². The molecule has 0 unspecified atom stereocenters. The summed E-state index contributed by atoms with van der Waals surface area (Å²) in [6.45, 7) is 10.2. The van der Waals surface area contributed by atoms with Gasteiger partial charge in [0.1, 0.15) is 12.0 Å². The molecule has 1 aliphatic heterocycles. The number of esters is 1. The van der Waals surface area contributed by atoms with Crippen molar-refractivity contribution in [3.63, 3.8) is 0 Å². The van der Waals surface area contributed by atoms with E-state index in [1.807, 2.05) is 26.8 Å². The molecule has 0 saturated carbocycles. The van der Waals surface area contributed by atoms with Crippen LogP contribution >= 0.6 is 11.6 Å². The Morgan fingerprint density at radius 3 is 2.54 bits per heavy atom. The van der Waals surface area contributed by atoms with Crippen molar-refractivity contribution in [2.45, 2.75) is 58.7 Å². The van der Waals surface area contributed by atoms with Gasteiger partial charge in [0.05, 0.1) is 6.61 Å². The second-order valence-electron chi connectivity index (χ2n) is 7.13. The Morgan fingerprint density at radius 2 is 2.00 bits per heavy atom. The zero-order chi connectivity index (χ0) is 20.1. The number of halogens is 1. The highest BCUT2D eigenvalue weighted by Crippen LogP contribution is 2.28. The van der Waals surface area contributed by atoms with Crippen molar-refractivity contribution in [3.8, 4) is 0 Å². The van der Waals surface area contributed by atoms with Crippen molar-refractivity contribution >= 4 is 23.4 Å². The molecule has 5 nitrogen and oxygen atoms in total. The minimum atomic E-state index is -2.13. The van der Waals surface area contributed by atoms with E-state index in [0.29, 0.717) is 12.8 Å². The number of cyclic esters (lactones) is 1. The van der Waals surface area contributed by atoms with Crippen molar-refractivity contribution in [1.82, 2.24) is 0 Å². The minimum absolute atomic E-state index is 0.0279. The summed E-state index contributed by atoms with van der Waals surface area (Å²) in [4.78, 5) is 25.0. The summed E-state index contributed by atoms with van der Waals surface area (Å²) in [6.07, 6.45) is 4.06. The van der Waals surface area contributed by atoms with E-state index in [0.717, 1.165) is 11.1 Å². The van der Waals surface area contributed by atoms with E-state index in [1.165, 1.54) is 6.92 Å². The first-order chi connectivity index (χ1) is 12.0. The van der Waals surface area contributed by atoms with Crippen molar-refractivity contribution in [2.75, 3.05) is 6.61 Å². The number of hydrogen-bond acceptors (Lipinski definition) is 5. The van der Waals surface area contributed by atoms with Gasteiger partial charge in [0.15, 0.2) is 11.4 Å². The highest BCUT2D eigenvalue weighted by molar-refractivity contribution is 6.29. The van der Waals surface area contributed by atoms with Crippen molar-refractivity contribution in [3.05, 3.63) is 34.9 Å². The van der Waals surface area contributed by atoms with Gasteiger partial charge in [-0.3, -0.25) is 9.59 Å². The number of carbonyl (C=O) groups is 2. The fourth-order valence-corrected chi connectivity index (χ4v) is 3.50. The fraction of sp³-hybridized carbons (Fsp3) is 0.600. The van der Waals surface area contributed by atoms with Crippen LogP contribution in [0.4, 0.5) is 0 Å². The molecule has 6 heteroatoms. The number of carbonyl (C=O) groups excluding carboxylic acids is 2. The van der Waals surface area contributed by atoms with E-state index in [-0.39, 0.29) is 17.4 Å². The smallest absolute Gasteiger partial charge is 0.316 e. The molecule has 146 valence electrons. The third-order valence-electron chi connectivity index (χ3n) is 4.55. The molecule has 4 atom stereocenters. The Morgan fingerprint density at radius 1 is 1.38 bits per heavy atom. The van der Waals surface area contributed by atoms with Gasteiger partial charge in [0.2, 0.25) is 0 Å². The molecule has 2 N–H and O–H groups in total. The Balaban J connectivity index is 3.32. The lowest BCUT2D eigenvalue weighted by molar-refractivity contribution is -0.161. The Kier molecular flexibility index (Phi) is 8.25. The number of ketones is 1. The molecule has 0 radical (unpaired) electrons. The van der Waals surface area contributed by atoms with Crippen molar-refractivity contribution < 1.29 is 24.5 Å².